The summed E-state index contributed by atoms with van der Waals surface area (Å²) in [5.41, 5.74) is 11.0. The van der Waals surface area contributed by atoms with Crippen molar-refractivity contribution in [2.24, 2.45) is 11.5 Å². The lowest BCUT2D eigenvalue weighted by Crippen LogP contribution is -2.27. The fourth-order valence-electron chi connectivity index (χ4n) is 0.871. The van der Waals surface area contributed by atoms with Crippen LogP contribution in [-0.2, 0) is 14.2 Å². The van der Waals surface area contributed by atoms with Crippen LogP contribution in [0.1, 0.15) is 20.8 Å². The maximum Gasteiger partial charge on any atom is 0.146 e. The highest BCUT2D eigenvalue weighted by Crippen LogP contribution is 1.93. The van der Waals surface area contributed by atoms with Gasteiger partial charge in [0.25, 0.3) is 0 Å². The number of hydrogen-bond acceptors (Lipinski definition) is 5. The van der Waals surface area contributed by atoms with Gasteiger partial charge in [-0.1, -0.05) is 0 Å². The van der Waals surface area contributed by atoms with Gasteiger partial charge in [-0.15, -0.1) is 0 Å². The molecule has 92 valence electrons. The van der Waals surface area contributed by atoms with Gasteiger partial charge in [-0.3, -0.25) is 0 Å². The van der Waals surface area contributed by atoms with E-state index in [2.05, 4.69) is 0 Å². The minimum Gasteiger partial charge on any atom is -0.375 e. The van der Waals surface area contributed by atoms with Crippen LogP contribution in [0.15, 0.2) is 0 Å². The number of ether oxygens (including phenoxy) is 3. The van der Waals surface area contributed by atoms with Gasteiger partial charge in [0.2, 0.25) is 0 Å². The molecule has 0 aromatic heterocycles. The standard InChI is InChI=1S/C10H24N2O3/c1-8(11)4-13-7-14-6-10(3)15-5-9(2)12/h8-10H,4-7,11-12H2,1-3H3. The lowest BCUT2D eigenvalue weighted by atomic mass is 10.4. The molecule has 5 nitrogen and oxygen atoms in total. The van der Waals surface area contributed by atoms with Crippen molar-refractivity contribution in [3.63, 3.8) is 0 Å². The molecule has 0 spiro atoms. The Morgan fingerprint density at radius 2 is 1.40 bits per heavy atom. The summed E-state index contributed by atoms with van der Waals surface area (Å²) in [7, 11) is 0. The van der Waals surface area contributed by atoms with E-state index in [9.17, 15) is 0 Å². The lowest BCUT2D eigenvalue weighted by Gasteiger charge is -2.15. The predicted octanol–water partition coefficient (Wildman–Crippen LogP) is 0.0766. The van der Waals surface area contributed by atoms with Gasteiger partial charge in [0, 0.05) is 12.1 Å². The zero-order chi connectivity index (χ0) is 11.7. The Balaban J connectivity index is 3.20. The molecule has 0 saturated carbocycles. The van der Waals surface area contributed by atoms with Gasteiger partial charge < -0.3 is 25.7 Å². The van der Waals surface area contributed by atoms with Crippen molar-refractivity contribution < 1.29 is 14.2 Å². The van der Waals surface area contributed by atoms with Gasteiger partial charge in [-0.2, -0.15) is 0 Å². The van der Waals surface area contributed by atoms with Crippen LogP contribution in [0.2, 0.25) is 0 Å². The average molecular weight is 220 g/mol. The second-order valence-corrected chi connectivity index (χ2v) is 3.96. The minimum absolute atomic E-state index is 0.0369. The zero-order valence-corrected chi connectivity index (χ0v) is 9.94. The van der Waals surface area contributed by atoms with Crippen molar-refractivity contribution in [1.82, 2.24) is 0 Å². The minimum atomic E-state index is 0.0369. The van der Waals surface area contributed by atoms with Gasteiger partial charge in [-0.05, 0) is 20.8 Å². The molecule has 0 bridgehead atoms. The fraction of sp³-hybridized carbons (Fsp3) is 1.00. The van der Waals surface area contributed by atoms with Crippen molar-refractivity contribution >= 4 is 0 Å². The molecule has 3 atom stereocenters. The van der Waals surface area contributed by atoms with E-state index in [4.69, 9.17) is 25.7 Å². The topological polar surface area (TPSA) is 79.7 Å². The van der Waals surface area contributed by atoms with Crippen molar-refractivity contribution in [2.75, 3.05) is 26.6 Å². The summed E-state index contributed by atoms with van der Waals surface area (Å²) < 4.78 is 15.8. The first-order valence-corrected chi connectivity index (χ1v) is 5.30. The second-order valence-electron chi connectivity index (χ2n) is 3.96. The summed E-state index contributed by atoms with van der Waals surface area (Å²) in [5, 5.41) is 0. The molecule has 0 aliphatic heterocycles. The van der Waals surface area contributed by atoms with Gasteiger partial charge in [0.1, 0.15) is 6.79 Å². The van der Waals surface area contributed by atoms with E-state index in [1.54, 1.807) is 0 Å². The van der Waals surface area contributed by atoms with Crippen LogP contribution in [0.25, 0.3) is 0 Å². The smallest absolute Gasteiger partial charge is 0.146 e. The summed E-state index contributed by atoms with van der Waals surface area (Å²) in [6.07, 6.45) is 0.0369. The Bertz CT molecular complexity index is 143. The van der Waals surface area contributed by atoms with Gasteiger partial charge in [-0.25, -0.2) is 0 Å². The van der Waals surface area contributed by atoms with Gasteiger partial charge >= 0.3 is 0 Å². The summed E-state index contributed by atoms with van der Waals surface area (Å²) in [4.78, 5) is 0. The van der Waals surface area contributed by atoms with E-state index in [1.807, 2.05) is 20.8 Å². The van der Waals surface area contributed by atoms with Crippen molar-refractivity contribution in [3.05, 3.63) is 0 Å². The van der Waals surface area contributed by atoms with Crippen LogP contribution in [0, 0.1) is 0 Å². The molecule has 0 fully saturated rings. The van der Waals surface area contributed by atoms with Gasteiger partial charge in [0.05, 0.1) is 25.9 Å². The predicted molar refractivity (Wildman–Crippen MR) is 59.5 cm³/mol. The van der Waals surface area contributed by atoms with Crippen LogP contribution in [0.5, 0.6) is 0 Å². The molecule has 3 unspecified atom stereocenters. The first-order chi connectivity index (χ1) is 7.02. The Kier molecular flexibility index (Phi) is 8.94. The first-order valence-electron chi connectivity index (χ1n) is 5.30. The fourth-order valence-corrected chi connectivity index (χ4v) is 0.871. The van der Waals surface area contributed by atoms with E-state index in [0.717, 1.165) is 0 Å². The summed E-state index contributed by atoms with van der Waals surface area (Å²) in [6, 6.07) is 0.0992. The number of hydrogen-bond donors (Lipinski definition) is 2. The molecule has 0 radical (unpaired) electrons. The van der Waals surface area contributed by atoms with Crippen LogP contribution < -0.4 is 11.5 Å². The third-order valence-electron chi connectivity index (χ3n) is 1.54. The number of nitrogens with two attached hydrogens (primary N) is 2. The van der Waals surface area contributed by atoms with Gasteiger partial charge in [0.15, 0.2) is 0 Å². The Morgan fingerprint density at radius 1 is 0.867 bits per heavy atom. The molecule has 4 N–H and O–H groups in total. The highest BCUT2D eigenvalue weighted by atomic mass is 16.7. The average Bonchev–Trinajstić information content (AvgIpc) is 2.13. The molecule has 0 rings (SSSR count). The normalized spacial score (nSPS) is 17.4. The molecule has 5 heteroatoms. The van der Waals surface area contributed by atoms with E-state index < -0.39 is 0 Å². The molecule has 0 amide bonds. The Morgan fingerprint density at radius 3 is 1.93 bits per heavy atom. The SMILES string of the molecule is CC(N)COCOCC(C)OCC(C)N. The highest BCUT2D eigenvalue weighted by molar-refractivity contribution is 4.53. The summed E-state index contributed by atoms with van der Waals surface area (Å²) in [6.45, 7) is 7.54. The van der Waals surface area contributed by atoms with Crippen molar-refractivity contribution in [2.45, 2.75) is 39.0 Å². The molecular weight excluding hydrogens is 196 g/mol. The maximum absolute atomic E-state index is 5.55. The largest absolute Gasteiger partial charge is 0.375 e. The van der Waals surface area contributed by atoms with Crippen molar-refractivity contribution in [1.29, 1.82) is 0 Å². The molecule has 0 saturated heterocycles. The molecular formula is C10H24N2O3. The molecule has 0 heterocycles. The molecule has 0 aliphatic carbocycles. The van der Waals surface area contributed by atoms with Crippen LogP contribution in [0.3, 0.4) is 0 Å². The number of rotatable bonds is 9. The molecule has 0 aromatic carbocycles. The van der Waals surface area contributed by atoms with E-state index >= 15 is 0 Å². The van der Waals surface area contributed by atoms with E-state index in [-0.39, 0.29) is 25.0 Å². The zero-order valence-electron chi connectivity index (χ0n) is 9.94. The Labute approximate surface area is 92.0 Å². The third kappa shape index (κ3) is 11.7. The highest BCUT2D eigenvalue weighted by Gasteiger charge is 2.03. The maximum atomic E-state index is 5.55. The second kappa shape index (κ2) is 9.06. The van der Waals surface area contributed by atoms with Crippen LogP contribution >= 0.6 is 0 Å². The molecule has 0 aliphatic rings. The first kappa shape index (κ1) is 14.8. The van der Waals surface area contributed by atoms with E-state index in [0.29, 0.717) is 19.8 Å². The van der Waals surface area contributed by atoms with E-state index in [1.165, 1.54) is 0 Å². The monoisotopic (exact) mass is 220 g/mol. The third-order valence-corrected chi connectivity index (χ3v) is 1.54. The lowest BCUT2D eigenvalue weighted by molar-refractivity contribution is -0.0909. The Hall–Kier alpha value is -0.200. The van der Waals surface area contributed by atoms with Crippen LogP contribution in [-0.4, -0.2) is 44.8 Å². The van der Waals surface area contributed by atoms with Crippen LogP contribution in [0.4, 0.5) is 0 Å². The molecule has 15 heavy (non-hydrogen) atoms. The summed E-state index contributed by atoms with van der Waals surface area (Å²) in [5.74, 6) is 0. The summed E-state index contributed by atoms with van der Waals surface area (Å²) >= 11 is 0. The molecule has 0 aromatic rings. The van der Waals surface area contributed by atoms with Crippen molar-refractivity contribution in [3.8, 4) is 0 Å². The quantitative estimate of drug-likeness (QED) is 0.425.